The number of carboxylic acid groups (broad SMARTS) is 1. The van der Waals surface area contributed by atoms with Gasteiger partial charge in [0.2, 0.25) is 0 Å². The summed E-state index contributed by atoms with van der Waals surface area (Å²) in [6.45, 7) is 4.28. The van der Waals surface area contributed by atoms with Crippen molar-refractivity contribution in [1.82, 2.24) is 4.90 Å². The molecular weight excluding hydrogens is 250 g/mol. The maximum Gasteiger partial charge on any atom is 0.321 e. The molecule has 0 aromatic heterocycles. The number of fused-ring (bicyclic) bond motifs is 2. The lowest BCUT2D eigenvalue weighted by molar-refractivity contribution is -0.145. The standard InChI is InChI=1S/C17H21NO2/c1-3-17-10-9-14(11-17)15(16(19)20)18(17)12(2)13-7-5-4-6-8-13/h4-10,12,14-15H,3,11H2,1-2H3,(H,19,20)/t12-,14+,15+,17-/m1/s1. The summed E-state index contributed by atoms with van der Waals surface area (Å²) < 4.78 is 0. The van der Waals surface area contributed by atoms with Gasteiger partial charge in [-0.3, -0.25) is 9.69 Å². The number of rotatable bonds is 4. The minimum Gasteiger partial charge on any atom is -0.480 e. The fourth-order valence-corrected chi connectivity index (χ4v) is 4.00. The lowest BCUT2D eigenvalue weighted by Crippen LogP contribution is -2.51. The third kappa shape index (κ3) is 1.80. The number of hydrogen-bond acceptors (Lipinski definition) is 2. The predicted molar refractivity (Wildman–Crippen MR) is 78.4 cm³/mol. The van der Waals surface area contributed by atoms with E-state index in [0.29, 0.717) is 0 Å². The molecule has 1 heterocycles. The van der Waals surface area contributed by atoms with E-state index < -0.39 is 12.0 Å². The van der Waals surface area contributed by atoms with Gasteiger partial charge in [-0.2, -0.15) is 0 Å². The minimum atomic E-state index is -0.697. The van der Waals surface area contributed by atoms with Gasteiger partial charge in [0.15, 0.2) is 0 Å². The molecule has 106 valence electrons. The fraction of sp³-hybridized carbons (Fsp3) is 0.471. The molecule has 0 spiro atoms. The molecule has 3 rings (SSSR count). The summed E-state index contributed by atoms with van der Waals surface area (Å²) in [5.74, 6) is -0.545. The summed E-state index contributed by atoms with van der Waals surface area (Å²) in [5, 5.41) is 9.64. The van der Waals surface area contributed by atoms with Crippen molar-refractivity contribution in [2.75, 3.05) is 0 Å². The van der Waals surface area contributed by atoms with Gasteiger partial charge >= 0.3 is 5.97 Å². The maximum atomic E-state index is 11.7. The first kappa shape index (κ1) is 13.4. The zero-order valence-corrected chi connectivity index (χ0v) is 12.0. The van der Waals surface area contributed by atoms with Gasteiger partial charge in [0.05, 0.1) is 0 Å². The highest BCUT2D eigenvalue weighted by molar-refractivity contribution is 5.76. The first-order chi connectivity index (χ1) is 9.59. The molecule has 1 aliphatic carbocycles. The van der Waals surface area contributed by atoms with Crippen LogP contribution in [0.25, 0.3) is 0 Å². The predicted octanol–water partition coefficient (Wildman–Crippen LogP) is 3.24. The number of carbonyl (C=O) groups is 1. The smallest absolute Gasteiger partial charge is 0.321 e. The van der Waals surface area contributed by atoms with Gasteiger partial charge in [-0.1, -0.05) is 49.4 Å². The van der Waals surface area contributed by atoms with E-state index in [4.69, 9.17) is 0 Å². The van der Waals surface area contributed by atoms with E-state index in [-0.39, 0.29) is 17.5 Å². The number of nitrogens with zero attached hydrogens (tertiary/aromatic N) is 1. The molecule has 3 nitrogen and oxygen atoms in total. The Morgan fingerprint density at radius 3 is 2.75 bits per heavy atom. The molecule has 0 radical (unpaired) electrons. The Kier molecular flexibility index (Phi) is 3.17. The number of carboxylic acids is 1. The van der Waals surface area contributed by atoms with Crippen LogP contribution in [0.2, 0.25) is 0 Å². The highest BCUT2D eigenvalue weighted by Gasteiger charge is 2.56. The monoisotopic (exact) mass is 271 g/mol. The quantitative estimate of drug-likeness (QED) is 0.855. The summed E-state index contributed by atoms with van der Waals surface area (Å²) in [4.78, 5) is 13.9. The van der Waals surface area contributed by atoms with Crippen molar-refractivity contribution in [3.8, 4) is 0 Å². The molecule has 1 N–H and O–H groups in total. The highest BCUT2D eigenvalue weighted by atomic mass is 16.4. The third-order valence-electron chi connectivity index (χ3n) is 5.03. The van der Waals surface area contributed by atoms with Crippen molar-refractivity contribution in [3.05, 3.63) is 48.0 Å². The van der Waals surface area contributed by atoms with Crippen molar-refractivity contribution in [2.24, 2.45) is 5.92 Å². The van der Waals surface area contributed by atoms with Crippen LogP contribution in [0.1, 0.15) is 38.3 Å². The van der Waals surface area contributed by atoms with Crippen molar-refractivity contribution in [3.63, 3.8) is 0 Å². The molecule has 2 aliphatic rings. The minimum absolute atomic E-state index is 0.0804. The molecule has 2 bridgehead atoms. The van der Waals surface area contributed by atoms with Crippen molar-refractivity contribution in [2.45, 2.75) is 44.3 Å². The van der Waals surface area contributed by atoms with Crippen LogP contribution in [0.3, 0.4) is 0 Å². The first-order valence-corrected chi connectivity index (χ1v) is 7.34. The van der Waals surface area contributed by atoms with Crippen molar-refractivity contribution < 1.29 is 9.90 Å². The van der Waals surface area contributed by atoms with E-state index in [1.54, 1.807) is 0 Å². The van der Waals surface area contributed by atoms with E-state index in [9.17, 15) is 9.90 Å². The summed E-state index contributed by atoms with van der Waals surface area (Å²) >= 11 is 0. The second-order valence-electron chi connectivity index (χ2n) is 5.96. The molecule has 1 aromatic rings. The van der Waals surface area contributed by atoms with Crippen LogP contribution >= 0.6 is 0 Å². The molecule has 3 heteroatoms. The van der Waals surface area contributed by atoms with Gasteiger partial charge < -0.3 is 5.11 Å². The van der Waals surface area contributed by atoms with Crippen LogP contribution in [0.5, 0.6) is 0 Å². The Morgan fingerprint density at radius 2 is 2.15 bits per heavy atom. The second kappa shape index (κ2) is 4.74. The van der Waals surface area contributed by atoms with Crippen LogP contribution in [-0.4, -0.2) is 27.6 Å². The summed E-state index contributed by atoms with van der Waals surface area (Å²) in [6.07, 6.45) is 6.24. The van der Waals surface area contributed by atoms with Gasteiger partial charge in [-0.15, -0.1) is 0 Å². The molecule has 0 saturated carbocycles. The molecule has 4 atom stereocenters. The summed E-state index contributed by atoms with van der Waals surface area (Å²) in [5.41, 5.74) is 1.11. The Hall–Kier alpha value is -1.61. The molecule has 0 amide bonds. The normalized spacial score (nSPS) is 33.5. The molecular formula is C17H21NO2. The Morgan fingerprint density at radius 1 is 1.45 bits per heavy atom. The second-order valence-corrected chi connectivity index (χ2v) is 5.96. The Balaban J connectivity index is 2.00. The Labute approximate surface area is 119 Å². The molecule has 0 unspecified atom stereocenters. The molecule has 1 fully saturated rings. The van der Waals surface area contributed by atoms with Gasteiger partial charge in [0.1, 0.15) is 6.04 Å². The van der Waals surface area contributed by atoms with E-state index in [2.05, 4.69) is 43.0 Å². The number of likely N-dealkylation sites (tertiary alicyclic amines) is 1. The van der Waals surface area contributed by atoms with Gasteiger partial charge in [0.25, 0.3) is 0 Å². The van der Waals surface area contributed by atoms with Crippen LogP contribution < -0.4 is 0 Å². The van der Waals surface area contributed by atoms with Crippen LogP contribution in [0, 0.1) is 5.92 Å². The lowest BCUT2D eigenvalue weighted by Gasteiger charge is -2.43. The molecule has 1 aliphatic heterocycles. The van der Waals surface area contributed by atoms with Gasteiger partial charge in [-0.25, -0.2) is 0 Å². The van der Waals surface area contributed by atoms with E-state index in [1.807, 2.05) is 18.2 Å². The van der Waals surface area contributed by atoms with Crippen LogP contribution in [0.15, 0.2) is 42.5 Å². The van der Waals surface area contributed by atoms with Crippen molar-refractivity contribution in [1.29, 1.82) is 0 Å². The lowest BCUT2D eigenvalue weighted by atomic mass is 9.92. The molecule has 1 saturated heterocycles. The topological polar surface area (TPSA) is 40.5 Å². The Bertz CT molecular complexity index is 539. The SMILES string of the molecule is CC[C@@]12C=C[C@@H](C1)[C@@H](C(=O)O)N2[C@H](C)c1ccccc1. The number of hydrogen-bond donors (Lipinski definition) is 1. The number of benzene rings is 1. The zero-order valence-electron chi connectivity index (χ0n) is 12.0. The number of aliphatic carboxylic acids is 1. The largest absolute Gasteiger partial charge is 0.480 e. The zero-order chi connectivity index (χ0) is 14.3. The van der Waals surface area contributed by atoms with Gasteiger partial charge in [0, 0.05) is 17.5 Å². The first-order valence-electron chi connectivity index (χ1n) is 7.34. The van der Waals surface area contributed by atoms with Crippen LogP contribution in [-0.2, 0) is 4.79 Å². The van der Waals surface area contributed by atoms with Crippen LogP contribution in [0.4, 0.5) is 0 Å². The highest BCUT2D eigenvalue weighted by Crippen LogP contribution is 2.51. The average Bonchev–Trinajstić information content (AvgIpc) is 3.03. The summed E-state index contributed by atoms with van der Waals surface area (Å²) in [6, 6.07) is 9.93. The maximum absolute atomic E-state index is 11.7. The fourth-order valence-electron chi connectivity index (χ4n) is 4.00. The summed E-state index contributed by atoms with van der Waals surface area (Å²) in [7, 11) is 0. The van der Waals surface area contributed by atoms with E-state index in [1.165, 1.54) is 5.56 Å². The third-order valence-corrected chi connectivity index (χ3v) is 5.03. The average molecular weight is 271 g/mol. The molecule has 20 heavy (non-hydrogen) atoms. The van der Waals surface area contributed by atoms with Crippen molar-refractivity contribution >= 4 is 5.97 Å². The van der Waals surface area contributed by atoms with Gasteiger partial charge in [-0.05, 0) is 25.3 Å². The van der Waals surface area contributed by atoms with E-state index in [0.717, 1.165) is 12.8 Å². The molecule has 1 aromatic carbocycles. The van der Waals surface area contributed by atoms with E-state index >= 15 is 0 Å².